The molecule has 0 bridgehead atoms. The number of rotatable bonds is 3. The van der Waals surface area contributed by atoms with Gasteiger partial charge in [-0.15, -0.1) is 0 Å². The Balaban J connectivity index is 1.42. The smallest absolute Gasteiger partial charge is 0.317 e. The molecule has 8 heteroatoms. The van der Waals surface area contributed by atoms with Crippen molar-refractivity contribution < 1.29 is 13.9 Å². The molecule has 7 nitrogen and oxygen atoms in total. The molecule has 0 unspecified atom stereocenters. The van der Waals surface area contributed by atoms with Gasteiger partial charge in [0.1, 0.15) is 0 Å². The number of nitrogens with one attached hydrogen (secondary N) is 1. The number of hydrogen-bond acceptors (Lipinski definition) is 5. The average Bonchev–Trinajstić information content (AvgIpc) is 3.29. The zero-order valence-electron chi connectivity index (χ0n) is 13.6. The highest BCUT2D eigenvalue weighted by molar-refractivity contribution is 5.74. The molecule has 24 heavy (non-hydrogen) atoms. The lowest BCUT2D eigenvalue weighted by atomic mass is 9.81. The lowest BCUT2D eigenvalue weighted by Crippen LogP contribution is -2.47. The van der Waals surface area contributed by atoms with Crippen molar-refractivity contribution in [1.82, 2.24) is 20.2 Å². The summed E-state index contributed by atoms with van der Waals surface area (Å²) in [5.74, 6) is 0.426. The van der Waals surface area contributed by atoms with Crippen molar-refractivity contribution in [2.24, 2.45) is 11.3 Å². The van der Waals surface area contributed by atoms with Crippen LogP contribution in [0.3, 0.4) is 0 Å². The maximum Gasteiger partial charge on any atom is 0.317 e. The molecule has 0 spiro atoms. The molecule has 3 aliphatic heterocycles. The van der Waals surface area contributed by atoms with Crippen molar-refractivity contribution in [2.45, 2.75) is 12.8 Å². The molecule has 3 aliphatic rings. The molecule has 0 aliphatic carbocycles. The normalized spacial score (nSPS) is 29.1. The molecular weight excluding hydrogens is 313 g/mol. The summed E-state index contributed by atoms with van der Waals surface area (Å²) in [5.41, 5.74) is -0.118. The zero-order valence-corrected chi connectivity index (χ0v) is 13.6. The minimum absolute atomic E-state index is 0.0176. The molecule has 4 rings (SSSR count). The molecule has 130 valence electrons. The monoisotopic (exact) mass is 335 g/mol. The predicted molar refractivity (Wildman–Crippen MR) is 85.2 cm³/mol. The van der Waals surface area contributed by atoms with E-state index in [1.165, 1.54) is 12.4 Å². The van der Waals surface area contributed by atoms with Crippen LogP contribution in [0.25, 0.3) is 0 Å². The third kappa shape index (κ3) is 2.79. The number of likely N-dealkylation sites (tertiary alicyclic amines) is 1. The average molecular weight is 335 g/mol. The second kappa shape index (κ2) is 6.16. The Morgan fingerprint density at radius 2 is 2.12 bits per heavy atom. The molecular formula is C16H22FN5O2. The van der Waals surface area contributed by atoms with E-state index in [1.807, 2.05) is 4.90 Å². The van der Waals surface area contributed by atoms with E-state index in [2.05, 4.69) is 20.2 Å². The number of fused-ring (bicyclic) bond motifs is 1. The molecule has 2 amide bonds. The summed E-state index contributed by atoms with van der Waals surface area (Å²) in [5, 5.41) is 3.09. The molecule has 1 N–H and O–H groups in total. The van der Waals surface area contributed by atoms with Gasteiger partial charge in [0.2, 0.25) is 5.95 Å². The quantitative estimate of drug-likeness (QED) is 0.888. The molecule has 0 aromatic carbocycles. The third-order valence-corrected chi connectivity index (χ3v) is 5.40. The van der Waals surface area contributed by atoms with Crippen LogP contribution < -0.4 is 10.2 Å². The van der Waals surface area contributed by atoms with Crippen LogP contribution >= 0.6 is 0 Å². The highest BCUT2D eigenvalue weighted by Crippen LogP contribution is 2.41. The van der Waals surface area contributed by atoms with Gasteiger partial charge in [-0.2, -0.15) is 0 Å². The predicted octanol–water partition coefficient (Wildman–Crippen LogP) is 0.874. The summed E-state index contributed by atoms with van der Waals surface area (Å²) >= 11 is 0. The maximum absolute atomic E-state index is 13.0. The molecule has 2 atom stereocenters. The highest BCUT2D eigenvalue weighted by atomic mass is 19.1. The van der Waals surface area contributed by atoms with E-state index in [1.54, 1.807) is 0 Å². The Labute approximate surface area is 140 Å². The molecule has 0 radical (unpaired) electrons. The lowest BCUT2D eigenvalue weighted by molar-refractivity contribution is 0.151. The second-order valence-corrected chi connectivity index (χ2v) is 7.01. The molecule has 3 fully saturated rings. The van der Waals surface area contributed by atoms with Crippen LogP contribution in [0.4, 0.5) is 15.1 Å². The van der Waals surface area contributed by atoms with Gasteiger partial charge >= 0.3 is 6.03 Å². The maximum atomic E-state index is 13.0. The first kappa shape index (κ1) is 15.6. The van der Waals surface area contributed by atoms with Gasteiger partial charge in [0.25, 0.3) is 0 Å². The molecule has 1 aromatic heterocycles. The fraction of sp³-hybridized carbons (Fsp3) is 0.688. The summed E-state index contributed by atoms with van der Waals surface area (Å²) < 4.78 is 18.7. The van der Waals surface area contributed by atoms with Crippen LogP contribution in [0.2, 0.25) is 0 Å². The van der Waals surface area contributed by atoms with E-state index in [4.69, 9.17) is 4.74 Å². The number of amides is 2. The number of urea groups is 1. The Morgan fingerprint density at radius 1 is 1.38 bits per heavy atom. The summed E-state index contributed by atoms with van der Waals surface area (Å²) in [7, 11) is 0. The van der Waals surface area contributed by atoms with Gasteiger partial charge in [-0.05, 0) is 12.8 Å². The Bertz CT molecular complexity index is 607. The zero-order chi connectivity index (χ0) is 16.6. The van der Waals surface area contributed by atoms with Crippen LogP contribution in [0.15, 0.2) is 12.4 Å². The largest absolute Gasteiger partial charge is 0.380 e. The number of carbonyl (C=O) groups excluding carboxylic acids is 1. The van der Waals surface area contributed by atoms with E-state index < -0.39 is 5.82 Å². The van der Waals surface area contributed by atoms with E-state index in [-0.39, 0.29) is 11.4 Å². The third-order valence-electron chi connectivity index (χ3n) is 5.40. The number of hydrogen-bond donors (Lipinski definition) is 1. The van der Waals surface area contributed by atoms with Crippen LogP contribution in [-0.2, 0) is 4.74 Å². The first-order valence-corrected chi connectivity index (χ1v) is 8.49. The van der Waals surface area contributed by atoms with E-state index >= 15 is 0 Å². The minimum atomic E-state index is -0.436. The van der Waals surface area contributed by atoms with Gasteiger partial charge in [0.15, 0.2) is 5.82 Å². The van der Waals surface area contributed by atoms with Crippen LogP contribution in [-0.4, -0.2) is 66.8 Å². The summed E-state index contributed by atoms with van der Waals surface area (Å²) in [6.07, 6.45) is 4.55. The molecule has 4 heterocycles. The van der Waals surface area contributed by atoms with Gasteiger partial charge in [-0.25, -0.2) is 19.2 Å². The number of nitrogens with zero attached hydrogens (tertiary/aromatic N) is 4. The summed E-state index contributed by atoms with van der Waals surface area (Å²) in [6, 6.07) is 0.0176. The van der Waals surface area contributed by atoms with Crippen molar-refractivity contribution in [2.75, 3.05) is 50.8 Å². The first-order chi connectivity index (χ1) is 11.7. The standard InChI is InChI=1S/C16H22FN5O2/c17-13-5-18-14(19-6-13)22-7-12-8-24-11-16(12,10-22)9-20-15(23)21-3-1-2-4-21/h5-6,12H,1-4,7-11H2,(H,20,23)/t12-,16+/m1/s1. The highest BCUT2D eigenvalue weighted by Gasteiger charge is 2.51. The van der Waals surface area contributed by atoms with Crippen LogP contribution in [0.5, 0.6) is 0 Å². The number of halogens is 1. The number of carbonyl (C=O) groups is 1. The Hall–Kier alpha value is -1.96. The van der Waals surface area contributed by atoms with Gasteiger partial charge in [-0.1, -0.05) is 0 Å². The van der Waals surface area contributed by atoms with Crippen molar-refractivity contribution in [3.8, 4) is 0 Å². The van der Waals surface area contributed by atoms with Crippen molar-refractivity contribution in [3.63, 3.8) is 0 Å². The number of ether oxygens (including phenoxy) is 1. The Morgan fingerprint density at radius 3 is 2.88 bits per heavy atom. The second-order valence-electron chi connectivity index (χ2n) is 7.01. The van der Waals surface area contributed by atoms with Crippen molar-refractivity contribution in [3.05, 3.63) is 18.2 Å². The molecule has 3 saturated heterocycles. The number of aromatic nitrogens is 2. The first-order valence-electron chi connectivity index (χ1n) is 8.49. The van der Waals surface area contributed by atoms with Gasteiger partial charge in [-0.3, -0.25) is 0 Å². The van der Waals surface area contributed by atoms with Gasteiger partial charge in [0.05, 0.1) is 25.6 Å². The SMILES string of the molecule is O=C(NC[C@]12COC[C@H]1CN(c1ncc(F)cn1)C2)N1CCCC1. The fourth-order valence-electron chi connectivity index (χ4n) is 3.99. The van der Waals surface area contributed by atoms with E-state index in [9.17, 15) is 9.18 Å². The lowest BCUT2D eigenvalue weighted by Gasteiger charge is -2.28. The van der Waals surface area contributed by atoms with Crippen molar-refractivity contribution >= 4 is 12.0 Å². The van der Waals surface area contributed by atoms with E-state index in [0.717, 1.165) is 32.5 Å². The van der Waals surface area contributed by atoms with Crippen molar-refractivity contribution in [1.29, 1.82) is 0 Å². The molecule has 1 aromatic rings. The topological polar surface area (TPSA) is 70.6 Å². The summed E-state index contributed by atoms with van der Waals surface area (Å²) in [4.78, 5) is 24.4. The Kier molecular flexibility index (Phi) is 3.99. The molecule has 0 saturated carbocycles. The van der Waals surface area contributed by atoms with Crippen LogP contribution in [0, 0.1) is 17.2 Å². The number of anilines is 1. The van der Waals surface area contributed by atoms with Gasteiger partial charge < -0.3 is 19.9 Å². The van der Waals surface area contributed by atoms with Gasteiger partial charge in [0, 0.05) is 44.1 Å². The summed E-state index contributed by atoms with van der Waals surface area (Å²) in [6.45, 7) is 5.05. The van der Waals surface area contributed by atoms with Crippen LogP contribution in [0.1, 0.15) is 12.8 Å². The van der Waals surface area contributed by atoms with E-state index in [0.29, 0.717) is 38.2 Å². The minimum Gasteiger partial charge on any atom is -0.380 e. The fourth-order valence-corrected chi connectivity index (χ4v) is 3.99.